The lowest BCUT2D eigenvalue weighted by Crippen LogP contribution is -2.18. The van der Waals surface area contributed by atoms with Gasteiger partial charge in [-0.15, -0.1) is 0 Å². The molecule has 9 heteroatoms. The van der Waals surface area contributed by atoms with Crippen molar-refractivity contribution in [1.82, 2.24) is 15.2 Å². The van der Waals surface area contributed by atoms with Gasteiger partial charge in [-0.1, -0.05) is 48.5 Å². The van der Waals surface area contributed by atoms with Gasteiger partial charge in [-0.3, -0.25) is 14.9 Å². The van der Waals surface area contributed by atoms with Crippen LogP contribution in [0.1, 0.15) is 15.9 Å². The Kier molecular flexibility index (Phi) is 5.71. The van der Waals surface area contributed by atoms with E-state index in [-0.39, 0.29) is 0 Å². The zero-order chi connectivity index (χ0) is 22.5. The Morgan fingerprint density at radius 3 is 2.44 bits per heavy atom. The molecule has 9 nitrogen and oxygen atoms in total. The molecule has 3 aromatic carbocycles. The first-order chi connectivity index (χ1) is 15.5. The summed E-state index contributed by atoms with van der Waals surface area (Å²) in [5.74, 6) is -0.937. The van der Waals surface area contributed by atoms with Crippen molar-refractivity contribution in [2.75, 3.05) is 0 Å². The van der Waals surface area contributed by atoms with Gasteiger partial charge in [-0.05, 0) is 24.3 Å². The summed E-state index contributed by atoms with van der Waals surface area (Å²) in [6, 6.07) is 22.5. The molecule has 158 valence electrons. The van der Waals surface area contributed by atoms with Crippen molar-refractivity contribution >= 4 is 17.8 Å². The molecule has 0 saturated heterocycles. The molecule has 0 saturated carbocycles. The molecule has 0 aliphatic rings. The van der Waals surface area contributed by atoms with Crippen LogP contribution in [0.4, 0.5) is 5.69 Å². The molecule has 0 aliphatic heterocycles. The number of aromatic nitrogens is 2. The first-order valence-corrected chi connectivity index (χ1v) is 9.54. The summed E-state index contributed by atoms with van der Waals surface area (Å²) >= 11 is 0. The second-order valence-electron chi connectivity index (χ2n) is 6.74. The number of hydrogen-bond donors (Lipinski definition) is 2. The fraction of sp³-hybridized carbons (Fsp3) is 0. The van der Waals surface area contributed by atoms with Gasteiger partial charge in [-0.2, -0.15) is 10.2 Å². The number of rotatable bonds is 6. The average Bonchev–Trinajstić information content (AvgIpc) is 3.27. The first kappa shape index (κ1) is 20.5. The van der Waals surface area contributed by atoms with E-state index < -0.39 is 22.3 Å². The molecule has 0 fully saturated rings. The van der Waals surface area contributed by atoms with Gasteiger partial charge in [0.1, 0.15) is 5.69 Å². The fourth-order valence-electron chi connectivity index (χ4n) is 3.05. The third kappa shape index (κ3) is 4.36. The minimum absolute atomic E-state index is 0.314. The number of carbonyl (C=O) groups excluding carboxylic acids is 1. The molecule has 2 N–H and O–H groups in total. The molecular formula is C23H17N5O4. The molecule has 0 spiro atoms. The van der Waals surface area contributed by atoms with Gasteiger partial charge in [0.15, 0.2) is 5.75 Å². The Bertz CT molecular complexity index is 1300. The van der Waals surface area contributed by atoms with Crippen molar-refractivity contribution < 1.29 is 14.8 Å². The van der Waals surface area contributed by atoms with Gasteiger partial charge < -0.3 is 5.11 Å². The lowest BCUT2D eigenvalue weighted by molar-refractivity contribution is -0.385. The number of nitro groups is 1. The molecule has 4 aromatic rings. The highest BCUT2D eigenvalue weighted by Gasteiger charge is 2.18. The Labute approximate surface area is 182 Å². The van der Waals surface area contributed by atoms with E-state index in [9.17, 15) is 20.0 Å². The van der Waals surface area contributed by atoms with Gasteiger partial charge in [0.25, 0.3) is 5.91 Å². The topological polar surface area (TPSA) is 123 Å². The number of benzene rings is 3. The predicted molar refractivity (Wildman–Crippen MR) is 119 cm³/mol. The fourth-order valence-corrected chi connectivity index (χ4v) is 3.05. The van der Waals surface area contributed by atoms with Gasteiger partial charge in [0.05, 0.1) is 22.4 Å². The number of hydrazone groups is 1. The molecule has 0 radical (unpaired) electrons. The number of carbonyl (C=O) groups is 1. The normalized spacial score (nSPS) is 10.9. The largest absolute Gasteiger partial charge is 0.502 e. The SMILES string of the molecule is O=C(N/N=C/c1ccc(O)c([N+](=O)[O-])c1)c1cn(-c2ccccc2)nc1-c1ccccc1. The van der Waals surface area contributed by atoms with Crippen LogP contribution >= 0.6 is 0 Å². The third-order valence-electron chi connectivity index (χ3n) is 4.60. The number of nitro benzene ring substituents is 1. The van der Waals surface area contributed by atoms with Gasteiger partial charge >= 0.3 is 5.69 Å². The van der Waals surface area contributed by atoms with E-state index in [2.05, 4.69) is 15.6 Å². The number of para-hydroxylation sites is 1. The molecule has 0 atom stereocenters. The monoisotopic (exact) mass is 427 g/mol. The van der Waals surface area contributed by atoms with Crippen molar-refractivity contribution in [2.24, 2.45) is 5.10 Å². The minimum Gasteiger partial charge on any atom is -0.502 e. The summed E-state index contributed by atoms with van der Waals surface area (Å²) in [5, 5.41) is 29.0. The van der Waals surface area contributed by atoms with Crippen LogP contribution in [0.5, 0.6) is 5.75 Å². The van der Waals surface area contributed by atoms with Crippen molar-refractivity contribution in [1.29, 1.82) is 0 Å². The maximum atomic E-state index is 12.9. The summed E-state index contributed by atoms with van der Waals surface area (Å²) in [7, 11) is 0. The lowest BCUT2D eigenvalue weighted by atomic mass is 10.1. The Hall–Kier alpha value is -4.79. The maximum absolute atomic E-state index is 12.9. The van der Waals surface area contributed by atoms with Crippen LogP contribution in [0.2, 0.25) is 0 Å². The number of aromatic hydroxyl groups is 1. The average molecular weight is 427 g/mol. The molecule has 1 amide bonds. The lowest BCUT2D eigenvalue weighted by Gasteiger charge is -2.01. The summed E-state index contributed by atoms with van der Waals surface area (Å²) in [5.41, 5.74) is 4.69. The van der Waals surface area contributed by atoms with E-state index >= 15 is 0 Å². The number of phenolic OH excluding ortho intramolecular Hbond substituents is 1. The number of amides is 1. The Morgan fingerprint density at radius 2 is 1.75 bits per heavy atom. The van der Waals surface area contributed by atoms with E-state index in [1.165, 1.54) is 18.3 Å². The highest BCUT2D eigenvalue weighted by molar-refractivity contribution is 6.00. The van der Waals surface area contributed by atoms with Crippen molar-refractivity contribution in [3.8, 4) is 22.7 Å². The van der Waals surface area contributed by atoms with Crippen molar-refractivity contribution in [2.45, 2.75) is 0 Å². The van der Waals surface area contributed by atoms with Crippen LogP contribution in [0.15, 0.2) is 90.2 Å². The van der Waals surface area contributed by atoms with E-state index in [1.54, 1.807) is 10.9 Å². The van der Waals surface area contributed by atoms with Gasteiger partial charge in [0, 0.05) is 23.4 Å². The van der Waals surface area contributed by atoms with Crippen LogP contribution in [0, 0.1) is 10.1 Å². The van der Waals surface area contributed by atoms with E-state index in [4.69, 9.17) is 0 Å². The zero-order valence-electron chi connectivity index (χ0n) is 16.6. The van der Waals surface area contributed by atoms with Gasteiger partial charge in [-0.25, -0.2) is 10.1 Å². The molecule has 32 heavy (non-hydrogen) atoms. The standard InChI is InChI=1S/C23H17N5O4/c29-21-12-11-16(13-20(21)28(31)32)14-24-25-23(30)19-15-27(18-9-5-2-6-10-18)26-22(19)17-7-3-1-4-8-17/h1-15,29H,(H,25,30)/b24-14+. The number of phenols is 1. The van der Waals surface area contributed by atoms with Gasteiger partial charge in [0.2, 0.25) is 0 Å². The van der Waals surface area contributed by atoms with Crippen molar-refractivity contribution in [3.63, 3.8) is 0 Å². The van der Waals surface area contributed by atoms with Crippen LogP contribution < -0.4 is 5.43 Å². The molecule has 0 unspecified atom stereocenters. The third-order valence-corrected chi connectivity index (χ3v) is 4.60. The zero-order valence-corrected chi connectivity index (χ0v) is 16.6. The quantitative estimate of drug-likeness (QED) is 0.274. The predicted octanol–water partition coefficient (Wildman–Crippen LogP) is 3.92. The summed E-state index contributed by atoms with van der Waals surface area (Å²) in [6.07, 6.45) is 2.88. The molecule has 1 aromatic heterocycles. The molecular weight excluding hydrogens is 410 g/mol. The Balaban J connectivity index is 1.62. The van der Waals surface area contributed by atoms with E-state index in [0.717, 1.165) is 17.3 Å². The highest BCUT2D eigenvalue weighted by Crippen LogP contribution is 2.26. The van der Waals surface area contributed by atoms with Crippen LogP contribution in [-0.4, -0.2) is 31.9 Å². The molecule has 0 bridgehead atoms. The first-order valence-electron chi connectivity index (χ1n) is 9.54. The maximum Gasteiger partial charge on any atom is 0.311 e. The van der Waals surface area contributed by atoms with Crippen LogP contribution in [0.3, 0.4) is 0 Å². The van der Waals surface area contributed by atoms with E-state index in [0.29, 0.717) is 16.8 Å². The number of nitrogens with zero attached hydrogens (tertiary/aromatic N) is 4. The van der Waals surface area contributed by atoms with Crippen LogP contribution in [-0.2, 0) is 0 Å². The summed E-state index contributed by atoms with van der Waals surface area (Å²) < 4.78 is 1.62. The summed E-state index contributed by atoms with van der Waals surface area (Å²) in [4.78, 5) is 23.1. The Morgan fingerprint density at radius 1 is 1.06 bits per heavy atom. The second-order valence-corrected chi connectivity index (χ2v) is 6.74. The van der Waals surface area contributed by atoms with E-state index in [1.807, 2.05) is 60.7 Å². The highest BCUT2D eigenvalue weighted by atomic mass is 16.6. The minimum atomic E-state index is -0.699. The smallest absolute Gasteiger partial charge is 0.311 e. The summed E-state index contributed by atoms with van der Waals surface area (Å²) in [6.45, 7) is 0. The van der Waals surface area contributed by atoms with Crippen molar-refractivity contribution in [3.05, 3.63) is 106 Å². The number of nitrogens with one attached hydrogen (secondary N) is 1. The number of hydrogen-bond acceptors (Lipinski definition) is 6. The molecule has 1 heterocycles. The second kappa shape index (κ2) is 8.92. The van der Waals surface area contributed by atoms with Crippen LogP contribution in [0.25, 0.3) is 16.9 Å². The molecule has 4 rings (SSSR count). The molecule has 0 aliphatic carbocycles.